The fraction of sp³-hybridized carbons (Fsp3) is 0.375. The molecule has 25 heavy (non-hydrogen) atoms. The summed E-state index contributed by atoms with van der Waals surface area (Å²) in [7, 11) is -1.29. The molecule has 3 aromatic rings. The van der Waals surface area contributed by atoms with Gasteiger partial charge in [-0.25, -0.2) is 18.4 Å². The number of aromatic nitrogens is 3. The van der Waals surface area contributed by atoms with Gasteiger partial charge in [0, 0.05) is 36.9 Å². The van der Waals surface area contributed by atoms with Crippen LogP contribution in [0.4, 0.5) is 5.82 Å². The maximum absolute atomic E-state index is 11.7. The van der Waals surface area contributed by atoms with Gasteiger partial charge in [0.2, 0.25) is 10.0 Å². The lowest BCUT2D eigenvalue weighted by atomic mass is 10.1. The normalized spacial score (nSPS) is 16.5. The summed E-state index contributed by atoms with van der Waals surface area (Å²) < 4.78 is 27.0. The van der Waals surface area contributed by atoms with Crippen LogP contribution in [0, 0.1) is 6.92 Å². The van der Waals surface area contributed by atoms with E-state index in [0.717, 1.165) is 32.4 Å². The molecule has 0 aromatic carbocycles. The molecule has 9 heteroatoms. The first-order valence-corrected chi connectivity index (χ1v) is 10.6. The molecule has 0 saturated heterocycles. The van der Waals surface area contributed by atoms with Gasteiger partial charge in [-0.3, -0.25) is 4.40 Å². The highest BCUT2D eigenvalue weighted by atomic mass is 32.2. The number of imidazole rings is 1. The number of nitrogens with one attached hydrogen (secondary N) is 1. The number of sulfonamides is 1. The average molecular weight is 377 g/mol. The Bertz CT molecular complexity index is 1110. The van der Waals surface area contributed by atoms with Crippen LogP contribution in [0.3, 0.4) is 0 Å². The SMILES string of the molecule is CNc1nc2cc(C3=CCN(S(C)(=O)=O)CC3)sc2n2c(C)cnc12. The molecule has 7 nitrogen and oxygen atoms in total. The van der Waals surface area contributed by atoms with Crippen LogP contribution in [0.1, 0.15) is 17.0 Å². The van der Waals surface area contributed by atoms with E-state index >= 15 is 0 Å². The zero-order chi connectivity index (χ0) is 17.8. The molecule has 0 amide bonds. The first-order chi connectivity index (χ1) is 11.9. The third-order valence-electron chi connectivity index (χ3n) is 4.47. The highest BCUT2D eigenvalue weighted by Gasteiger charge is 2.22. The van der Waals surface area contributed by atoms with Crippen LogP contribution >= 0.6 is 11.3 Å². The highest BCUT2D eigenvalue weighted by molar-refractivity contribution is 7.88. The van der Waals surface area contributed by atoms with E-state index < -0.39 is 10.0 Å². The van der Waals surface area contributed by atoms with E-state index in [-0.39, 0.29) is 0 Å². The summed E-state index contributed by atoms with van der Waals surface area (Å²) in [6, 6.07) is 2.08. The number of nitrogens with zero attached hydrogens (tertiary/aromatic N) is 4. The molecule has 0 bridgehead atoms. The van der Waals surface area contributed by atoms with Crippen LogP contribution in [-0.2, 0) is 10.0 Å². The number of thiophene rings is 1. The number of anilines is 1. The highest BCUT2D eigenvalue weighted by Crippen LogP contribution is 2.35. The van der Waals surface area contributed by atoms with Gasteiger partial charge >= 0.3 is 0 Å². The molecule has 4 rings (SSSR count). The number of aryl methyl sites for hydroxylation is 1. The summed E-state index contributed by atoms with van der Waals surface area (Å²) in [5.41, 5.74) is 3.99. The lowest BCUT2D eigenvalue weighted by Gasteiger charge is -2.23. The average Bonchev–Trinajstić information content (AvgIpc) is 3.17. The van der Waals surface area contributed by atoms with Gasteiger partial charge in [0.25, 0.3) is 0 Å². The van der Waals surface area contributed by atoms with Gasteiger partial charge in [-0.15, -0.1) is 11.3 Å². The van der Waals surface area contributed by atoms with Gasteiger partial charge in [-0.05, 0) is 25.0 Å². The Morgan fingerprint density at radius 3 is 2.80 bits per heavy atom. The van der Waals surface area contributed by atoms with E-state index in [4.69, 9.17) is 0 Å². The second-order valence-corrected chi connectivity index (χ2v) is 9.18. The van der Waals surface area contributed by atoms with Gasteiger partial charge in [-0.2, -0.15) is 4.31 Å². The standard InChI is InChI=1S/C16H19N5O2S2/c1-10-9-18-15-14(17-2)19-12-8-13(24-16(12)21(10)15)11-4-6-20(7-5-11)25(3,22)23/h4,8-9H,5-7H2,1-3H3,(H,17,19). The van der Waals surface area contributed by atoms with Crippen molar-refractivity contribution in [2.75, 3.05) is 31.7 Å². The van der Waals surface area contributed by atoms with Crippen molar-refractivity contribution in [1.82, 2.24) is 18.7 Å². The predicted molar refractivity (Wildman–Crippen MR) is 102 cm³/mol. The molecule has 0 aliphatic carbocycles. The van der Waals surface area contributed by atoms with Crippen molar-refractivity contribution in [3.8, 4) is 0 Å². The molecule has 132 valence electrons. The molecular formula is C16H19N5O2S2. The van der Waals surface area contributed by atoms with E-state index in [2.05, 4.69) is 25.8 Å². The zero-order valence-corrected chi connectivity index (χ0v) is 15.9. The molecule has 0 spiro atoms. The van der Waals surface area contributed by atoms with Crippen molar-refractivity contribution >= 4 is 48.7 Å². The molecule has 0 atom stereocenters. The van der Waals surface area contributed by atoms with E-state index in [9.17, 15) is 8.42 Å². The quantitative estimate of drug-likeness (QED) is 0.758. The number of rotatable bonds is 3. The zero-order valence-electron chi connectivity index (χ0n) is 14.3. The summed E-state index contributed by atoms with van der Waals surface area (Å²) in [6.07, 6.45) is 5.82. The Labute approximate surface area is 150 Å². The summed E-state index contributed by atoms with van der Waals surface area (Å²) in [5, 5.41) is 3.11. The van der Waals surface area contributed by atoms with Gasteiger partial charge in [0.1, 0.15) is 10.3 Å². The third kappa shape index (κ3) is 2.72. The first-order valence-electron chi connectivity index (χ1n) is 7.98. The van der Waals surface area contributed by atoms with Gasteiger partial charge in [-0.1, -0.05) is 6.08 Å². The molecule has 0 saturated carbocycles. The van der Waals surface area contributed by atoms with Crippen molar-refractivity contribution in [1.29, 1.82) is 0 Å². The van der Waals surface area contributed by atoms with Crippen LogP contribution in [0.2, 0.25) is 0 Å². The molecule has 1 N–H and O–H groups in total. The molecule has 0 unspecified atom stereocenters. The van der Waals surface area contributed by atoms with E-state index in [1.165, 1.54) is 16.1 Å². The Kier molecular flexibility index (Phi) is 3.82. The Morgan fingerprint density at radius 2 is 2.16 bits per heavy atom. The van der Waals surface area contributed by atoms with Crippen molar-refractivity contribution in [3.63, 3.8) is 0 Å². The van der Waals surface area contributed by atoms with E-state index in [0.29, 0.717) is 19.5 Å². The monoisotopic (exact) mass is 377 g/mol. The number of hydrogen-bond donors (Lipinski definition) is 1. The summed E-state index contributed by atoms with van der Waals surface area (Å²) >= 11 is 1.68. The van der Waals surface area contributed by atoms with Crippen molar-refractivity contribution in [2.24, 2.45) is 0 Å². The largest absolute Gasteiger partial charge is 0.370 e. The molecule has 1 aliphatic rings. The molecule has 0 radical (unpaired) electrons. The lowest BCUT2D eigenvalue weighted by Crippen LogP contribution is -2.33. The minimum atomic E-state index is -3.13. The first kappa shape index (κ1) is 16.5. The summed E-state index contributed by atoms with van der Waals surface area (Å²) in [6.45, 7) is 2.98. The number of fused-ring (bicyclic) bond motifs is 3. The summed E-state index contributed by atoms with van der Waals surface area (Å²) in [4.78, 5) is 11.3. The Balaban J connectivity index is 1.81. The van der Waals surface area contributed by atoms with Gasteiger partial charge < -0.3 is 5.32 Å². The van der Waals surface area contributed by atoms with Crippen LogP contribution < -0.4 is 5.32 Å². The molecular weight excluding hydrogens is 358 g/mol. The van der Waals surface area contributed by atoms with Crippen LogP contribution in [0.5, 0.6) is 0 Å². The third-order valence-corrected chi connectivity index (χ3v) is 6.93. The van der Waals surface area contributed by atoms with Gasteiger partial charge in [0.05, 0.1) is 6.26 Å². The Morgan fingerprint density at radius 1 is 1.36 bits per heavy atom. The fourth-order valence-corrected chi connectivity index (χ4v) is 5.14. The Hall–Kier alpha value is -1.97. The van der Waals surface area contributed by atoms with Crippen molar-refractivity contribution in [3.05, 3.63) is 28.9 Å². The molecule has 3 aromatic heterocycles. The van der Waals surface area contributed by atoms with Gasteiger partial charge in [0.15, 0.2) is 11.5 Å². The smallest absolute Gasteiger partial charge is 0.211 e. The minimum absolute atomic E-state index is 0.428. The molecule has 0 fully saturated rings. The van der Waals surface area contributed by atoms with Crippen LogP contribution in [0.15, 0.2) is 18.3 Å². The second-order valence-electron chi connectivity index (χ2n) is 6.17. The predicted octanol–water partition coefficient (Wildman–Crippen LogP) is 2.34. The van der Waals surface area contributed by atoms with E-state index in [1.807, 2.05) is 26.2 Å². The van der Waals surface area contributed by atoms with Crippen molar-refractivity contribution < 1.29 is 8.42 Å². The van der Waals surface area contributed by atoms with Crippen LogP contribution in [0.25, 0.3) is 21.6 Å². The topological polar surface area (TPSA) is 79.6 Å². The van der Waals surface area contributed by atoms with Crippen molar-refractivity contribution in [2.45, 2.75) is 13.3 Å². The number of hydrogen-bond acceptors (Lipinski definition) is 6. The lowest BCUT2D eigenvalue weighted by molar-refractivity contribution is 0.446. The maximum atomic E-state index is 11.7. The molecule has 1 aliphatic heterocycles. The van der Waals surface area contributed by atoms with E-state index in [1.54, 1.807) is 11.3 Å². The van der Waals surface area contributed by atoms with Crippen LogP contribution in [-0.4, -0.2) is 53.5 Å². The maximum Gasteiger partial charge on any atom is 0.211 e. The molecule has 4 heterocycles. The summed E-state index contributed by atoms with van der Waals surface area (Å²) in [5.74, 6) is 0.755. The second kappa shape index (κ2) is 5.79. The minimum Gasteiger partial charge on any atom is -0.370 e. The fourth-order valence-electron chi connectivity index (χ4n) is 3.14.